The third-order valence-corrected chi connectivity index (χ3v) is 5.10. The first-order chi connectivity index (χ1) is 9.83. The number of nitrogens with one attached hydrogen (secondary N) is 2. The van der Waals surface area contributed by atoms with Gasteiger partial charge in [-0.25, -0.2) is 0 Å². The molecule has 1 aromatic carbocycles. The van der Waals surface area contributed by atoms with Gasteiger partial charge in [-0.2, -0.15) is 0 Å². The second-order valence-corrected chi connectivity index (χ2v) is 6.92. The van der Waals surface area contributed by atoms with E-state index in [2.05, 4.69) is 55.5 Å². The molecule has 4 heteroatoms. The Morgan fingerprint density at radius 2 is 2.00 bits per heavy atom. The summed E-state index contributed by atoms with van der Waals surface area (Å²) >= 11 is 3.61. The lowest BCUT2D eigenvalue weighted by Gasteiger charge is -2.35. The maximum absolute atomic E-state index is 3.61. The van der Waals surface area contributed by atoms with Crippen molar-refractivity contribution in [3.8, 4) is 0 Å². The van der Waals surface area contributed by atoms with Crippen molar-refractivity contribution in [2.75, 3.05) is 26.2 Å². The first-order valence-electron chi connectivity index (χ1n) is 7.54. The highest BCUT2D eigenvalue weighted by molar-refractivity contribution is 9.10. The van der Waals surface area contributed by atoms with E-state index < -0.39 is 0 Å². The third-order valence-electron chi connectivity index (χ3n) is 4.61. The van der Waals surface area contributed by atoms with Gasteiger partial charge in [-0.1, -0.05) is 15.9 Å². The fourth-order valence-electron chi connectivity index (χ4n) is 3.48. The van der Waals surface area contributed by atoms with E-state index in [1.54, 1.807) is 0 Å². The summed E-state index contributed by atoms with van der Waals surface area (Å²) in [5, 5.41) is 4.85. The zero-order chi connectivity index (χ0) is 13.5. The molecule has 1 aliphatic carbocycles. The Balaban J connectivity index is 1.75. The molecule has 2 aliphatic rings. The van der Waals surface area contributed by atoms with E-state index >= 15 is 0 Å². The predicted octanol–water partition coefficient (Wildman–Crippen LogP) is 3.29. The minimum atomic E-state index is 0.597. The number of nitrogens with zero attached hydrogens (tertiary/aromatic N) is 1. The molecule has 0 radical (unpaired) electrons. The smallest absolute Gasteiger partial charge is 0.0458 e. The number of aromatic amines is 1. The van der Waals surface area contributed by atoms with E-state index in [4.69, 9.17) is 0 Å². The van der Waals surface area contributed by atoms with Crippen LogP contribution in [0.1, 0.15) is 24.4 Å². The molecule has 3 nitrogen and oxygen atoms in total. The normalized spacial score (nSPS) is 22.2. The molecule has 1 atom stereocenters. The number of fused-ring (bicyclic) bond motifs is 1. The highest BCUT2D eigenvalue weighted by Gasteiger charge is 2.37. The summed E-state index contributed by atoms with van der Waals surface area (Å²) in [4.78, 5) is 6.13. The molecule has 0 bridgehead atoms. The minimum absolute atomic E-state index is 0.597. The molecule has 0 amide bonds. The first-order valence-corrected chi connectivity index (χ1v) is 8.33. The van der Waals surface area contributed by atoms with E-state index in [9.17, 15) is 0 Å². The summed E-state index contributed by atoms with van der Waals surface area (Å²) < 4.78 is 1.17. The van der Waals surface area contributed by atoms with Gasteiger partial charge in [0.15, 0.2) is 0 Å². The summed E-state index contributed by atoms with van der Waals surface area (Å²) in [5.74, 6) is 0.853. The number of H-pyrrole nitrogens is 1. The Morgan fingerprint density at radius 1 is 1.20 bits per heavy atom. The Morgan fingerprint density at radius 3 is 2.75 bits per heavy atom. The van der Waals surface area contributed by atoms with Crippen LogP contribution in [0, 0.1) is 5.92 Å². The van der Waals surface area contributed by atoms with Crippen molar-refractivity contribution in [3.63, 3.8) is 0 Å². The average molecular weight is 334 g/mol. The van der Waals surface area contributed by atoms with Gasteiger partial charge in [0.05, 0.1) is 0 Å². The molecule has 1 saturated heterocycles. The molecule has 106 valence electrons. The zero-order valence-electron chi connectivity index (χ0n) is 11.5. The second-order valence-electron chi connectivity index (χ2n) is 6.00. The van der Waals surface area contributed by atoms with Crippen LogP contribution < -0.4 is 5.32 Å². The highest BCUT2D eigenvalue weighted by atomic mass is 79.9. The van der Waals surface area contributed by atoms with Crippen molar-refractivity contribution in [2.45, 2.75) is 18.9 Å². The van der Waals surface area contributed by atoms with Crippen molar-refractivity contribution in [2.24, 2.45) is 5.92 Å². The van der Waals surface area contributed by atoms with Crippen LogP contribution in [0.25, 0.3) is 10.9 Å². The average Bonchev–Trinajstić information content (AvgIpc) is 3.22. The lowest BCUT2D eigenvalue weighted by atomic mass is 9.99. The lowest BCUT2D eigenvalue weighted by molar-refractivity contribution is 0.157. The molecule has 2 heterocycles. The van der Waals surface area contributed by atoms with Crippen LogP contribution in [0.15, 0.2) is 28.9 Å². The van der Waals surface area contributed by atoms with Gasteiger partial charge < -0.3 is 10.3 Å². The van der Waals surface area contributed by atoms with E-state index in [0.717, 1.165) is 19.0 Å². The summed E-state index contributed by atoms with van der Waals surface area (Å²) in [7, 11) is 0. The van der Waals surface area contributed by atoms with E-state index in [1.807, 2.05) is 0 Å². The van der Waals surface area contributed by atoms with Gasteiger partial charge in [0.25, 0.3) is 0 Å². The molecule has 4 rings (SSSR count). The van der Waals surface area contributed by atoms with Crippen molar-refractivity contribution >= 4 is 26.8 Å². The van der Waals surface area contributed by atoms with Crippen LogP contribution in [0.2, 0.25) is 0 Å². The summed E-state index contributed by atoms with van der Waals surface area (Å²) in [5.41, 5.74) is 2.75. The van der Waals surface area contributed by atoms with Gasteiger partial charge in [-0.05, 0) is 42.5 Å². The molecule has 0 spiro atoms. The Hall–Kier alpha value is -0.840. The van der Waals surface area contributed by atoms with Crippen molar-refractivity contribution < 1.29 is 0 Å². The molecular formula is C16H20BrN3. The molecule has 1 aromatic heterocycles. The van der Waals surface area contributed by atoms with E-state index in [1.165, 1.54) is 46.9 Å². The quantitative estimate of drug-likeness (QED) is 0.903. The van der Waals surface area contributed by atoms with Crippen molar-refractivity contribution in [1.29, 1.82) is 0 Å². The summed E-state index contributed by atoms with van der Waals surface area (Å²) in [6.45, 7) is 4.58. The van der Waals surface area contributed by atoms with E-state index in [0.29, 0.717) is 6.04 Å². The molecule has 1 aliphatic heterocycles. The monoisotopic (exact) mass is 333 g/mol. The summed E-state index contributed by atoms with van der Waals surface area (Å²) in [6, 6.07) is 7.14. The van der Waals surface area contributed by atoms with Gasteiger partial charge >= 0.3 is 0 Å². The highest BCUT2D eigenvalue weighted by Crippen LogP contribution is 2.46. The fourth-order valence-corrected chi connectivity index (χ4v) is 3.84. The van der Waals surface area contributed by atoms with Crippen molar-refractivity contribution in [3.05, 3.63) is 34.4 Å². The zero-order valence-corrected chi connectivity index (χ0v) is 13.1. The number of aromatic nitrogens is 1. The number of rotatable bonds is 3. The first kappa shape index (κ1) is 12.9. The van der Waals surface area contributed by atoms with Gasteiger partial charge in [0.2, 0.25) is 0 Å². The Bertz CT molecular complexity index is 611. The SMILES string of the molecule is Brc1ccc2[nH]cc([C@@H](C3CC3)N3CCNCC3)c2c1. The van der Waals surface area contributed by atoms with Gasteiger partial charge in [0, 0.05) is 53.8 Å². The van der Waals surface area contributed by atoms with Gasteiger partial charge in [0.1, 0.15) is 0 Å². The van der Waals surface area contributed by atoms with Gasteiger partial charge in [-0.3, -0.25) is 4.90 Å². The fraction of sp³-hybridized carbons (Fsp3) is 0.500. The van der Waals surface area contributed by atoms with Crippen LogP contribution in [-0.2, 0) is 0 Å². The number of benzene rings is 1. The van der Waals surface area contributed by atoms with Gasteiger partial charge in [-0.15, -0.1) is 0 Å². The van der Waals surface area contributed by atoms with Crippen LogP contribution in [0.4, 0.5) is 0 Å². The van der Waals surface area contributed by atoms with Crippen LogP contribution in [-0.4, -0.2) is 36.1 Å². The Labute approximate surface area is 127 Å². The largest absolute Gasteiger partial charge is 0.361 e. The lowest BCUT2D eigenvalue weighted by Crippen LogP contribution is -2.45. The summed E-state index contributed by atoms with van der Waals surface area (Å²) in [6.07, 6.45) is 5.01. The molecule has 1 saturated carbocycles. The third kappa shape index (κ3) is 2.30. The minimum Gasteiger partial charge on any atom is -0.361 e. The molecule has 0 unspecified atom stereocenters. The number of piperazine rings is 1. The predicted molar refractivity (Wildman–Crippen MR) is 85.9 cm³/mol. The molecule has 2 aromatic rings. The van der Waals surface area contributed by atoms with E-state index in [-0.39, 0.29) is 0 Å². The number of hydrogen-bond acceptors (Lipinski definition) is 2. The van der Waals surface area contributed by atoms with Crippen molar-refractivity contribution in [1.82, 2.24) is 15.2 Å². The number of hydrogen-bond donors (Lipinski definition) is 2. The van der Waals surface area contributed by atoms with Crippen LogP contribution in [0.3, 0.4) is 0 Å². The second kappa shape index (κ2) is 5.17. The standard InChI is InChI=1S/C16H20BrN3/c17-12-3-4-15-13(9-12)14(10-19-15)16(11-1-2-11)20-7-5-18-6-8-20/h3-4,9-11,16,18-19H,1-2,5-8H2/t16-/m1/s1. The molecule has 20 heavy (non-hydrogen) atoms. The van der Waals surface area contributed by atoms with Crippen LogP contribution in [0.5, 0.6) is 0 Å². The van der Waals surface area contributed by atoms with Crippen LogP contribution >= 0.6 is 15.9 Å². The maximum atomic E-state index is 3.61. The Kier molecular flexibility index (Phi) is 3.33. The number of halogens is 1. The molecular weight excluding hydrogens is 314 g/mol. The topological polar surface area (TPSA) is 31.1 Å². The molecule has 2 fully saturated rings. The molecule has 2 N–H and O–H groups in total. The maximum Gasteiger partial charge on any atom is 0.0458 e.